The molecule has 9 heteroatoms. The van der Waals surface area contributed by atoms with Crippen molar-refractivity contribution in [1.82, 2.24) is 15.0 Å². The van der Waals surface area contributed by atoms with E-state index in [-0.39, 0.29) is 16.8 Å². The lowest BCUT2D eigenvalue weighted by Gasteiger charge is -2.22. The zero-order chi connectivity index (χ0) is 25.9. The van der Waals surface area contributed by atoms with Crippen LogP contribution in [0.2, 0.25) is 0 Å². The van der Waals surface area contributed by atoms with Gasteiger partial charge < -0.3 is 10.1 Å². The Kier molecular flexibility index (Phi) is 8.54. The van der Waals surface area contributed by atoms with E-state index in [1.165, 1.54) is 43.4 Å². The molecule has 2 heterocycles. The lowest BCUT2D eigenvalue weighted by molar-refractivity contribution is 0.0696. The topological polar surface area (TPSA) is 97.4 Å². The summed E-state index contributed by atoms with van der Waals surface area (Å²) in [5, 5.41) is 3.61. The Morgan fingerprint density at radius 3 is 2.44 bits per heavy atom. The second-order valence-electron chi connectivity index (χ2n) is 11.2. The highest BCUT2D eigenvalue weighted by Gasteiger charge is 2.27. The van der Waals surface area contributed by atoms with E-state index in [2.05, 4.69) is 10.0 Å². The lowest BCUT2D eigenvalue weighted by Crippen LogP contribution is -2.40. The van der Waals surface area contributed by atoms with Crippen LogP contribution in [0.4, 0.5) is 0 Å². The number of hydrogen-bond acceptors (Lipinski definition) is 6. The van der Waals surface area contributed by atoms with Crippen LogP contribution in [0.1, 0.15) is 86.8 Å². The number of amides is 1. The molecule has 7 nitrogen and oxygen atoms in total. The molecule has 2 aromatic rings. The quantitative estimate of drug-likeness (QED) is 0.508. The molecule has 1 aromatic carbocycles. The largest absolute Gasteiger partial charge is 0.381 e. The molecule has 2 aliphatic rings. The molecular weight excluding hydrogens is 494 g/mol. The van der Waals surface area contributed by atoms with Crippen molar-refractivity contribution in [3.05, 3.63) is 34.5 Å². The summed E-state index contributed by atoms with van der Waals surface area (Å²) in [5.41, 5.74) is 1.97. The van der Waals surface area contributed by atoms with Crippen molar-refractivity contribution < 1.29 is 17.9 Å². The predicted molar refractivity (Wildman–Crippen MR) is 144 cm³/mol. The minimum absolute atomic E-state index is 0.113. The first kappa shape index (κ1) is 27.2. The molecule has 2 fully saturated rings. The number of hydrogen-bond donors (Lipinski definition) is 2. The third-order valence-corrected chi connectivity index (χ3v) is 9.89. The summed E-state index contributed by atoms with van der Waals surface area (Å²) in [5.74, 6) is 0.441. The van der Waals surface area contributed by atoms with Gasteiger partial charge in [0.1, 0.15) is 0 Å². The van der Waals surface area contributed by atoms with E-state index >= 15 is 0 Å². The average molecular weight is 534 g/mol. The molecule has 0 bridgehead atoms. The van der Waals surface area contributed by atoms with Crippen LogP contribution < -0.4 is 10.0 Å². The van der Waals surface area contributed by atoms with E-state index in [0.717, 1.165) is 35.4 Å². The van der Waals surface area contributed by atoms with Crippen LogP contribution in [-0.4, -0.2) is 44.1 Å². The minimum Gasteiger partial charge on any atom is -0.381 e. The molecule has 4 rings (SSSR count). The molecule has 198 valence electrons. The predicted octanol–water partition coefficient (Wildman–Crippen LogP) is 5.23. The smallest absolute Gasteiger partial charge is 0.280 e. The molecule has 1 saturated carbocycles. The van der Waals surface area contributed by atoms with Crippen LogP contribution in [0, 0.1) is 12.8 Å². The summed E-state index contributed by atoms with van der Waals surface area (Å²) in [7, 11) is -3.64. The molecule has 1 aromatic heterocycles. The third-order valence-electron chi connectivity index (χ3n) is 6.82. The fourth-order valence-corrected chi connectivity index (χ4v) is 7.76. The number of ether oxygens (including phenoxy) is 1. The number of nitrogens with one attached hydrogen (secondary N) is 2. The Bertz CT molecular complexity index is 1170. The van der Waals surface area contributed by atoms with Crippen LogP contribution in [0.25, 0.3) is 10.4 Å². The molecule has 0 unspecified atom stereocenters. The van der Waals surface area contributed by atoms with Crippen LogP contribution in [0.5, 0.6) is 0 Å². The molecule has 0 spiro atoms. The number of carbonyl (C=O) groups excluding carboxylic acids is 1. The number of sulfonamides is 1. The maximum atomic E-state index is 13.1. The van der Waals surface area contributed by atoms with Gasteiger partial charge in [-0.15, -0.1) is 11.3 Å². The van der Waals surface area contributed by atoms with Crippen molar-refractivity contribution in [2.75, 3.05) is 13.2 Å². The molecule has 1 saturated heterocycles. The van der Waals surface area contributed by atoms with E-state index in [1.54, 1.807) is 6.07 Å². The van der Waals surface area contributed by atoms with Gasteiger partial charge in [0, 0.05) is 24.8 Å². The van der Waals surface area contributed by atoms with Crippen LogP contribution >= 0.6 is 11.3 Å². The second kappa shape index (κ2) is 11.3. The first-order valence-corrected chi connectivity index (χ1v) is 15.3. The van der Waals surface area contributed by atoms with E-state index in [9.17, 15) is 13.2 Å². The number of rotatable bonds is 7. The normalized spacial score (nSPS) is 18.3. The van der Waals surface area contributed by atoms with Gasteiger partial charge in [-0.05, 0) is 76.1 Å². The van der Waals surface area contributed by atoms with Crippen LogP contribution in [0.15, 0.2) is 23.1 Å². The van der Waals surface area contributed by atoms with E-state index in [0.29, 0.717) is 29.7 Å². The third kappa shape index (κ3) is 6.94. The number of aryl methyl sites for hydroxylation is 1. The zero-order valence-electron chi connectivity index (χ0n) is 21.9. The van der Waals surface area contributed by atoms with Crippen molar-refractivity contribution in [2.45, 2.75) is 95.5 Å². The van der Waals surface area contributed by atoms with Gasteiger partial charge >= 0.3 is 0 Å². The van der Waals surface area contributed by atoms with E-state index in [4.69, 9.17) is 9.72 Å². The SMILES string of the molecule is Cc1cc(-c2sc(C(=O)NC3CCOCC3)nc2CC2CCCCC2)ccc1S(=O)(=O)NC(C)(C)C. The van der Waals surface area contributed by atoms with Gasteiger partial charge in [-0.3, -0.25) is 4.79 Å². The highest BCUT2D eigenvalue weighted by molar-refractivity contribution is 7.89. The molecule has 2 N–H and O–H groups in total. The van der Waals surface area contributed by atoms with Crippen LogP contribution in [0.3, 0.4) is 0 Å². The second-order valence-corrected chi connectivity index (χ2v) is 13.8. The lowest BCUT2D eigenvalue weighted by atomic mass is 9.85. The minimum atomic E-state index is -3.64. The number of benzene rings is 1. The maximum absolute atomic E-state index is 13.1. The zero-order valence-corrected chi connectivity index (χ0v) is 23.5. The highest BCUT2D eigenvalue weighted by Crippen LogP contribution is 2.36. The van der Waals surface area contributed by atoms with Gasteiger partial charge in [0.05, 0.1) is 15.5 Å². The Labute approximate surface area is 219 Å². The highest BCUT2D eigenvalue weighted by atomic mass is 32.2. The van der Waals surface area contributed by atoms with Crippen LogP contribution in [-0.2, 0) is 21.2 Å². The summed E-state index contributed by atoms with van der Waals surface area (Å²) < 4.78 is 34.0. The summed E-state index contributed by atoms with van der Waals surface area (Å²) in [4.78, 5) is 19.2. The Morgan fingerprint density at radius 1 is 1.11 bits per heavy atom. The van der Waals surface area contributed by atoms with Gasteiger partial charge in [-0.25, -0.2) is 18.1 Å². The van der Waals surface area contributed by atoms with Crippen molar-refractivity contribution in [3.8, 4) is 10.4 Å². The molecule has 1 aliphatic heterocycles. The summed E-state index contributed by atoms with van der Waals surface area (Å²) >= 11 is 1.41. The molecule has 36 heavy (non-hydrogen) atoms. The van der Waals surface area contributed by atoms with Crippen molar-refractivity contribution in [2.24, 2.45) is 5.92 Å². The Hall–Kier alpha value is -1.81. The standard InChI is InChI=1S/C27H39N3O4S2/c1-18-16-20(10-11-23(18)36(32,33)30-27(2,3)4)24-22(17-19-8-6-5-7-9-19)29-26(35-24)25(31)28-21-12-14-34-15-13-21/h10-11,16,19,21,30H,5-9,12-15,17H2,1-4H3,(H,28,31). The summed E-state index contributed by atoms with van der Waals surface area (Å²) in [6.07, 6.45) is 8.64. The van der Waals surface area contributed by atoms with Crippen molar-refractivity contribution >= 4 is 27.3 Å². The van der Waals surface area contributed by atoms with Crippen molar-refractivity contribution in [3.63, 3.8) is 0 Å². The van der Waals surface area contributed by atoms with E-state index < -0.39 is 15.6 Å². The number of aromatic nitrogens is 1. The molecular formula is C27H39N3O4S2. The molecule has 0 atom stereocenters. The fourth-order valence-electron chi connectivity index (χ4n) is 5.12. The summed E-state index contributed by atoms with van der Waals surface area (Å²) in [6, 6.07) is 5.55. The Balaban J connectivity index is 1.64. The Morgan fingerprint density at radius 2 is 1.81 bits per heavy atom. The van der Waals surface area contributed by atoms with Gasteiger partial charge in [0.25, 0.3) is 5.91 Å². The van der Waals surface area contributed by atoms with Gasteiger partial charge in [-0.1, -0.05) is 38.2 Å². The van der Waals surface area contributed by atoms with Gasteiger partial charge in [0.15, 0.2) is 5.01 Å². The monoisotopic (exact) mass is 533 g/mol. The fraction of sp³-hybridized carbons (Fsp3) is 0.630. The number of nitrogens with zero attached hydrogens (tertiary/aromatic N) is 1. The van der Waals surface area contributed by atoms with E-state index in [1.807, 2.05) is 39.8 Å². The van der Waals surface area contributed by atoms with Gasteiger partial charge in [-0.2, -0.15) is 0 Å². The molecule has 1 amide bonds. The molecule has 0 radical (unpaired) electrons. The van der Waals surface area contributed by atoms with Gasteiger partial charge in [0.2, 0.25) is 10.0 Å². The average Bonchev–Trinajstić information content (AvgIpc) is 3.22. The number of thiazole rings is 1. The summed E-state index contributed by atoms with van der Waals surface area (Å²) in [6.45, 7) is 8.64. The van der Waals surface area contributed by atoms with Crippen molar-refractivity contribution in [1.29, 1.82) is 0 Å². The maximum Gasteiger partial charge on any atom is 0.280 e. The first-order valence-electron chi connectivity index (χ1n) is 13.1. The first-order chi connectivity index (χ1) is 17.0. The number of carbonyl (C=O) groups is 1. The molecule has 1 aliphatic carbocycles.